The number of methoxy groups -OCH3 is 8. The molecule has 5 rings (SSSR count). The molecule has 11 unspecified atom stereocenters. The molecule has 0 spiro atoms. The Kier molecular flexibility index (Phi) is 57.1. The molecule has 5 heterocycles. The first-order valence-corrected chi connectivity index (χ1v) is 38.2. The zero-order chi connectivity index (χ0) is 93.9. The maximum Gasteiger partial charge on any atom is 0.407 e. The smallest absolute Gasteiger partial charge is 0.407 e. The molecule has 5 fully saturated rings. The van der Waals surface area contributed by atoms with E-state index >= 15 is 0 Å². The maximum absolute atomic E-state index is 13.1. The van der Waals surface area contributed by atoms with E-state index in [-0.39, 0.29) is 71.6 Å². The summed E-state index contributed by atoms with van der Waals surface area (Å²) >= 11 is 0. The van der Waals surface area contributed by atoms with Gasteiger partial charge in [-0.2, -0.15) is 0 Å². The minimum atomic E-state index is -2.04. The molecule has 46 nitrogen and oxygen atoms in total. The fourth-order valence-corrected chi connectivity index (χ4v) is 12.6. The minimum Gasteiger partial charge on any atom is -0.480 e. The predicted octanol–water partition coefficient (Wildman–Crippen LogP) is 5.05. The van der Waals surface area contributed by atoms with Crippen LogP contribution in [0.5, 0.6) is 0 Å². The topological polar surface area (TPSA) is 660 Å². The van der Waals surface area contributed by atoms with Crippen molar-refractivity contribution in [3.8, 4) is 0 Å². The number of carbonyl (C=O) groups excluding carboxylic acids is 8. The van der Waals surface area contributed by atoms with Crippen LogP contribution in [0.15, 0.2) is 0 Å². The Labute approximate surface area is 700 Å². The van der Waals surface area contributed by atoms with Crippen molar-refractivity contribution in [2.75, 3.05) is 89.9 Å². The monoisotopic (exact) mass is 1760 g/mol. The number of alkyl halides is 1. The summed E-state index contributed by atoms with van der Waals surface area (Å²) in [6.45, 7) is 24.7. The molecule has 0 aliphatic carbocycles. The molecule has 47 heteroatoms. The second-order valence-corrected chi connectivity index (χ2v) is 29.3. The Morgan fingerprint density at radius 2 is 0.661 bits per heavy atom. The van der Waals surface area contributed by atoms with E-state index in [0.717, 1.165) is 21.0 Å². The summed E-state index contributed by atoms with van der Waals surface area (Å²) in [7, 11) is 9.47. The van der Waals surface area contributed by atoms with E-state index in [9.17, 15) is 81.1 Å². The first kappa shape index (κ1) is 115. The van der Waals surface area contributed by atoms with Gasteiger partial charge in [0, 0.05) is 33.0 Å². The van der Waals surface area contributed by atoms with Gasteiger partial charge in [0.05, 0.1) is 99.1 Å². The number of amides is 8. The Morgan fingerprint density at radius 3 is 0.942 bits per heavy atom. The van der Waals surface area contributed by atoms with Crippen molar-refractivity contribution in [3.05, 3.63) is 0 Å². The van der Waals surface area contributed by atoms with Crippen LogP contribution in [0.4, 0.5) is 42.7 Å². The largest absolute Gasteiger partial charge is 0.480 e. The Hall–Kier alpha value is -10.4. The lowest BCUT2D eigenvalue weighted by atomic mass is 9.83. The second kappa shape index (κ2) is 60.2. The SMILES string of the molecule is CCOC(C)C(NC(=O)OC)C(=O)O.COC(=O)NC(C(=O)O)C(C)(C)F.COC(=O)NC(C(=O)O)C1CCOC(C)(C)C1.COC(=O)NC(C(=O)O)C1CCOCC1.COC(=O)NC(C(=O)O)C1CCO[C@H](C)C1.COC(=O)NC(C(=O)O)C1C[C@@H](C)O[C@@H](C)C1.COC(=O)NC(C(=O)O)C1C[C@@H](C)O[C@H](C)C1.COC(=O)N[C@H](C(=O)O)C(C)C. The zero-order valence-electron chi connectivity index (χ0n) is 72.4. The van der Waals surface area contributed by atoms with Gasteiger partial charge >= 0.3 is 96.5 Å². The van der Waals surface area contributed by atoms with E-state index in [1.54, 1.807) is 27.7 Å². The van der Waals surface area contributed by atoms with Crippen LogP contribution in [0.2, 0.25) is 0 Å². The third-order valence-electron chi connectivity index (χ3n) is 18.4. The summed E-state index contributed by atoms with van der Waals surface area (Å²) < 4.78 is 80.0. The number of halogens is 1. The first-order chi connectivity index (χ1) is 56.2. The molecule has 0 saturated carbocycles. The van der Waals surface area contributed by atoms with E-state index < -0.39 is 157 Å². The van der Waals surface area contributed by atoms with E-state index in [0.29, 0.717) is 97.2 Å². The van der Waals surface area contributed by atoms with Crippen LogP contribution in [-0.2, 0) is 105 Å². The Morgan fingerprint density at radius 1 is 0.380 bits per heavy atom. The van der Waals surface area contributed by atoms with Crippen LogP contribution >= 0.6 is 0 Å². The molecule has 0 aromatic rings. The normalized spacial score (nSPS) is 22.3. The van der Waals surface area contributed by atoms with Crippen molar-refractivity contribution < 1.29 is 188 Å². The number of ether oxygens (including phenoxy) is 14. The van der Waals surface area contributed by atoms with Crippen molar-refractivity contribution in [2.24, 2.45) is 35.5 Å². The van der Waals surface area contributed by atoms with Gasteiger partial charge < -0.3 is 150 Å². The molecule has 5 saturated heterocycles. The Bertz CT molecular complexity index is 3090. The molecule has 700 valence electrons. The molecular formula is C74H129FN8O38. The van der Waals surface area contributed by atoms with E-state index in [1.165, 1.54) is 49.8 Å². The summed E-state index contributed by atoms with van der Waals surface area (Å²) in [6, 6.07) is -8.15. The zero-order valence-corrected chi connectivity index (χ0v) is 72.4. The van der Waals surface area contributed by atoms with Crippen molar-refractivity contribution in [1.82, 2.24) is 42.5 Å². The quantitative estimate of drug-likeness (QED) is 0.0504. The van der Waals surface area contributed by atoms with Crippen LogP contribution in [-0.4, -0.2) is 323 Å². The summed E-state index contributed by atoms with van der Waals surface area (Å²) in [5, 5.41) is 89.3. The second-order valence-electron chi connectivity index (χ2n) is 29.3. The molecule has 0 bridgehead atoms. The van der Waals surface area contributed by atoms with Crippen molar-refractivity contribution in [2.45, 2.75) is 250 Å². The van der Waals surface area contributed by atoms with Crippen LogP contribution in [0.25, 0.3) is 0 Å². The molecule has 16 N–H and O–H groups in total. The summed E-state index contributed by atoms with van der Waals surface area (Å²) in [6.07, 6.45) is -0.421. The number of nitrogens with one attached hydrogen (secondary N) is 8. The van der Waals surface area contributed by atoms with E-state index in [1.807, 2.05) is 53.8 Å². The number of hydrogen-bond donors (Lipinski definition) is 16. The van der Waals surface area contributed by atoms with E-state index in [4.69, 9.17) is 69.3 Å². The molecule has 0 aromatic heterocycles. The van der Waals surface area contributed by atoms with Gasteiger partial charge in [0.15, 0.2) is 12.1 Å². The number of carboxylic acids is 8. The van der Waals surface area contributed by atoms with E-state index in [2.05, 4.69) is 75.1 Å². The molecule has 17 atom stereocenters. The standard InChI is InChI=1S/3C11H19NO5.C10H17NO5.C9H15NO5.C8H15NO5.C7H12FNO4.C7H13NO4/c2*1-6-4-8(5-7(2)17-6)9(10(13)14)12-11(15)16-3;1-11(2)6-7(4-5-17-11)8(9(13)14)12-10(15)16-3;1-6-5-7(3-4-16-6)8(9(12)13)11-10(14)15-2;1-14-9(13)10-7(8(11)12)6-2-4-15-5-3-6;1-4-14-5(2)6(7(10)11)9-8(12)13-3;1-7(2,8)4(5(10)11)9-6(12)13-3;1-4(2)5(6(9)10)8-7(11)12-3/h2*6-9H,4-5H2,1-3H3,(H,12,15)(H,13,14);7-8H,4-6H2,1-3H3,(H,12,15)(H,13,14);6-8H,3-5H2,1-2H3,(H,11,14)(H,12,13);6-7H,2-5H2,1H3,(H,10,13)(H,11,12);5-6H,4H2,1-3H3,(H,9,12)(H,10,11);4H,1-3H3,(H,9,12)(H,10,11);4-5H,1-3H3,(H,8,11)(H,9,10)/t6-,7+,8?,9?;6-,7-,9?;;6-,7?,8?;;;;5-/m.1.1...0/s1. The number of alkyl carbamates (subject to hydrolysis) is 8. The lowest BCUT2D eigenvalue weighted by molar-refractivity contribution is -0.145. The van der Waals surface area contributed by atoms with Gasteiger partial charge in [-0.15, -0.1) is 0 Å². The van der Waals surface area contributed by atoms with Crippen LogP contribution in [0, 0.1) is 35.5 Å². The van der Waals surface area contributed by atoms with Crippen LogP contribution in [0.3, 0.4) is 0 Å². The number of rotatable bonds is 26. The fourth-order valence-electron chi connectivity index (χ4n) is 12.6. The summed E-state index contributed by atoms with van der Waals surface area (Å²) in [4.78, 5) is 174. The fraction of sp³-hybridized carbons (Fsp3) is 0.784. The number of hydrogen-bond acceptors (Lipinski definition) is 30. The molecule has 8 amide bonds. The highest BCUT2D eigenvalue weighted by molar-refractivity contribution is 5.84. The third kappa shape index (κ3) is 49.2. The lowest BCUT2D eigenvalue weighted by Gasteiger charge is -2.37. The first-order valence-electron chi connectivity index (χ1n) is 38.2. The predicted molar refractivity (Wildman–Crippen MR) is 417 cm³/mol. The molecule has 5 aliphatic heterocycles. The van der Waals surface area contributed by atoms with Crippen molar-refractivity contribution in [1.29, 1.82) is 0 Å². The molecule has 0 radical (unpaired) electrons. The highest BCUT2D eigenvalue weighted by Gasteiger charge is 2.42. The number of carbonyl (C=O) groups is 16. The molecule has 5 aliphatic rings. The molecular weight excluding hydrogens is 1630 g/mol. The Balaban J connectivity index is -0.00000132. The van der Waals surface area contributed by atoms with Crippen molar-refractivity contribution in [3.63, 3.8) is 0 Å². The summed E-state index contributed by atoms with van der Waals surface area (Å²) in [5.41, 5.74) is -2.39. The average molecular weight is 1760 g/mol. The van der Waals surface area contributed by atoms with Gasteiger partial charge in [-0.05, 0) is 176 Å². The number of carboxylic acid groups (broad SMARTS) is 8. The molecule has 121 heavy (non-hydrogen) atoms. The average Bonchev–Trinajstić information content (AvgIpc) is 0.559. The van der Waals surface area contributed by atoms with Crippen molar-refractivity contribution >= 4 is 96.5 Å². The highest BCUT2D eigenvalue weighted by Crippen LogP contribution is 2.32. The minimum absolute atomic E-state index is 0.00467. The third-order valence-corrected chi connectivity index (χ3v) is 18.4. The summed E-state index contributed by atoms with van der Waals surface area (Å²) in [5.74, 6) is -9.63. The van der Waals surface area contributed by atoms with Gasteiger partial charge in [-0.25, -0.2) is 81.1 Å². The maximum atomic E-state index is 13.1. The van der Waals surface area contributed by atoms with Gasteiger partial charge in [0.2, 0.25) is 0 Å². The van der Waals surface area contributed by atoms with Gasteiger partial charge in [-0.1, -0.05) is 13.8 Å². The van der Waals surface area contributed by atoms with Gasteiger partial charge in [0.1, 0.15) is 41.9 Å². The van der Waals surface area contributed by atoms with Gasteiger partial charge in [0.25, 0.3) is 0 Å². The van der Waals surface area contributed by atoms with Crippen LogP contribution in [0.1, 0.15) is 154 Å². The van der Waals surface area contributed by atoms with Crippen LogP contribution < -0.4 is 42.5 Å². The highest BCUT2D eigenvalue weighted by atomic mass is 19.1. The number of aliphatic carboxylic acids is 8. The molecule has 0 aromatic carbocycles. The van der Waals surface area contributed by atoms with Gasteiger partial charge in [-0.3, -0.25) is 0 Å². The lowest BCUT2D eigenvalue weighted by Crippen LogP contribution is -2.51.